The van der Waals surface area contributed by atoms with Gasteiger partial charge in [0.25, 0.3) is 0 Å². The van der Waals surface area contributed by atoms with Gasteiger partial charge in [-0.1, -0.05) is 61.3 Å². The lowest BCUT2D eigenvalue weighted by atomic mass is 9.42. The molecule has 4 aliphatic carbocycles. The smallest absolute Gasteiger partial charge is 0.302 e. The Bertz CT molecular complexity index is 750. The fourth-order valence-electron chi connectivity index (χ4n) is 6.71. The number of ether oxygens (including phenoxy) is 1. The molecule has 0 aromatic heterocycles. The molecule has 0 N–H and O–H groups in total. The Morgan fingerprint density at radius 3 is 2.09 bits per heavy atom. The van der Waals surface area contributed by atoms with E-state index < -0.39 is 16.6 Å². The molecule has 198 valence electrons. The number of carbonyl (C=O) groups is 1. The van der Waals surface area contributed by atoms with Gasteiger partial charge in [0.2, 0.25) is 0 Å². The van der Waals surface area contributed by atoms with Gasteiger partial charge in [-0.05, 0) is 78.7 Å². The van der Waals surface area contributed by atoms with Gasteiger partial charge >= 0.3 is 5.97 Å². The van der Waals surface area contributed by atoms with Crippen LogP contribution >= 0.6 is 0 Å². The van der Waals surface area contributed by atoms with Crippen LogP contribution in [-0.4, -0.2) is 41.9 Å². The summed E-state index contributed by atoms with van der Waals surface area (Å²) in [7, 11) is -3.87. The van der Waals surface area contributed by atoms with Crippen LogP contribution in [0.4, 0.5) is 0 Å². The Morgan fingerprint density at radius 2 is 1.56 bits per heavy atom. The molecule has 0 spiro atoms. The summed E-state index contributed by atoms with van der Waals surface area (Å²) in [5, 5.41) is 0.359. The second-order valence-corrected chi connectivity index (χ2v) is 24.7. The van der Waals surface area contributed by atoms with E-state index in [1.165, 1.54) is 25.7 Å². The van der Waals surface area contributed by atoms with Crippen molar-refractivity contribution in [1.82, 2.24) is 0 Å². The van der Waals surface area contributed by atoms with Gasteiger partial charge in [-0.2, -0.15) is 0 Å². The first-order valence-electron chi connectivity index (χ1n) is 13.8. The number of esters is 1. The summed E-state index contributed by atoms with van der Waals surface area (Å²) in [4.78, 5) is 11.8. The molecule has 0 unspecified atom stereocenters. The van der Waals surface area contributed by atoms with Gasteiger partial charge in [0.15, 0.2) is 16.6 Å². The lowest BCUT2D eigenvalue weighted by Gasteiger charge is -2.67. The van der Waals surface area contributed by atoms with Crippen molar-refractivity contribution < 1.29 is 18.4 Å². The van der Waals surface area contributed by atoms with E-state index in [1.807, 2.05) is 0 Å². The van der Waals surface area contributed by atoms with Crippen LogP contribution in [0.2, 0.25) is 36.3 Å². The van der Waals surface area contributed by atoms with Gasteiger partial charge in [-0.25, -0.2) is 0 Å². The highest BCUT2D eigenvalue weighted by molar-refractivity contribution is 6.74. The Balaban J connectivity index is 2.01. The fourth-order valence-corrected chi connectivity index (χ4v) is 9.23. The lowest BCUT2D eigenvalue weighted by Crippen LogP contribution is -2.68. The maximum absolute atomic E-state index is 11.8. The first kappa shape index (κ1) is 28.4. The van der Waals surface area contributed by atoms with Crippen molar-refractivity contribution in [2.24, 2.45) is 35.0 Å². The first-order valence-corrected chi connectivity index (χ1v) is 19.6. The maximum atomic E-state index is 11.8. The molecule has 0 aromatic rings. The van der Waals surface area contributed by atoms with Gasteiger partial charge in [0.1, 0.15) is 0 Å². The van der Waals surface area contributed by atoms with Crippen LogP contribution in [0.25, 0.3) is 0 Å². The lowest BCUT2D eigenvalue weighted by molar-refractivity contribution is -0.224. The van der Waals surface area contributed by atoms with Crippen LogP contribution in [0.3, 0.4) is 0 Å². The van der Waals surface area contributed by atoms with Gasteiger partial charge in [0.05, 0.1) is 12.7 Å². The topological polar surface area (TPSA) is 44.8 Å². The standard InChI is InChI=1S/C28H54O4Si2/c1-19(29)30-17-22-21-15-13-14-20-16-23(22)28(8,18-31-33(9,10)26(2,3)4)25(24(20)21)32-34(11,12)27(5,6)7/h20-25H,13-18H2,1-12H3/t20-,21+,22+,23-,24+,25-,28-/m0/s1. The van der Waals surface area contributed by atoms with E-state index in [0.29, 0.717) is 30.3 Å². The van der Waals surface area contributed by atoms with E-state index in [9.17, 15) is 4.79 Å². The molecule has 4 fully saturated rings. The zero-order chi connectivity index (χ0) is 25.9. The molecular formula is C28H54O4Si2. The summed E-state index contributed by atoms with van der Waals surface area (Å²) >= 11 is 0. The van der Waals surface area contributed by atoms with Crippen molar-refractivity contribution in [3.05, 3.63) is 0 Å². The van der Waals surface area contributed by atoms with Crippen LogP contribution in [0.5, 0.6) is 0 Å². The fraction of sp³-hybridized carbons (Fsp3) is 0.964. The molecule has 0 aromatic carbocycles. The van der Waals surface area contributed by atoms with Crippen LogP contribution in [0, 0.1) is 35.0 Å². The molecule has 4 rings (SSSR count). The first-order chi connectivity index (χ1) is 15.3. The van der Waals surface area contributed by atoms with E-state index in [0.717, 1.165) is 12.5 Å². The van der Waals surface area contributed by atoms with Crippen molar-refractivity contribution in [2.45, 2.75) is 123 Å². The monoisotopic (exact) mass is 510 g/mol. The van der Waals surface area contributed by atoms with Crippen molar-refractivity contribution >= 4 is 22.6 Å². The van der Waals surface area contributed by atoms with E-state index in [1.54, 1.807) is 6.92 Å². The summed E-state index contributed by atoms with van der Waals surface area (Å²) in [6.45, 7) is 28.9. The minimum atomic E-state index is -1.97. The third-order valence-corrected chi connectivity index (χ3v) is 19.8. The Labute approximate surface area is 212 Å². The molecule has 0 amide bonds. The summed E-state index contributed by atoms with van der Waals surface area (Å²) in [6, 6.07) is 0. The van der Waals surface area contributed by atoms with Crippen LogP contribution in [0.15, 0.2) is 0 Å². The van der Waals surface area contributed by atoms with Crippen molar-refractivity contribution in [3.63, 3.8) is 0 Å². The second-order valence-electron chi connectivity index (χ2n) is 15.1. The molecule has 4 saturated carbocycles. The van der Waals surface area contributed by atoms with Crippen LogP contribution < -0.4 is 0 Å². The van der Waals surface area contributed by atoms with Crippen LogP contribution in [0.1, 0.15) is 81.1 Å². The van der Waals surface area contributed by atoms with Crippen molar-refractivity contribution in [3.8, 4) is 0 Å². The molecule has 4 bridgehead atoms. The Morgan fingerprint density at radius 1 is 0.971 bits per heavy atom. The molecule has 4 nitrogen and oxygen atoms in total. The average Bonchev–Trinajstić information content (AvgIpc) is 2.66. The predicted molar refractivity (Wildman–Crippen MR) is 146 cm³/mol. The SMILES string of the molecule is CC(=O)OC[C@@H]1[C@H]2CCC[C@H]3C[C@@H]1[C@](C)(CO[Si](C)(C)C(C)(C)C)[C@@H](O[Si](C)(C)C(C)(C)C)[C@H]32. The minimum absolute atomic E-state index is 0.0507. The summed E-state index contributed by atoms with van der Waals surface area (Å²) in [5.41, 5.74) is -0.0507. The zero-order valence-corrected chi connectivity index (χ0v) is 26.3. The van der Waals surface area contributed by atoms with Gasteiger partial charge in [-0.15, -0.1) is 0 Å². The summed E-state index contributed by atoms with van der Waals surface area (Å²) in [5.74, 6) is 2.66. The van der Waals surface area contributed by atoms with Crippen molar-refractivity contribution in [1.29, 1.82) is 0 Å². The predicted octanol–water partition coefficient (Wildman–Crippen LogP) is 7.65. The molecule has 4 aliphatic rings. The normalized spacial score (nSPS) is 36.5. The highest BCUT2D eigenvalue weighted by Crippen LogP contribution is 2.65. The van der Waals surface area contributed by atoms with Gasteiger partial charge in [-0.3, -0.25) is 4.79 Å². The number of hydrogen-bond acceptors (Lipinski definition) is 4. The Hall–Kier alpha value is -0.176. The summed E-state index contributed by atoms with van der Waals surface area (Å²) < 4.78 is 20.1. The molecule has 6 heteroatoms. The van der Waals surface area contributed by atoms with Gasteiger partial charge < -0.3 is 13.6 Å². The third kappa shape index (κ3) is 5.12. The molecule has 0 saturated heterocycles. The maximum Gasteiger partial charge on any atom is 0.302 e. The highest BCUT2D eigenvalue weighted by Gasteiger charge is 2.65. The molecule has 7 atom stereocenters. The largest absolute Gasteiger partial charge is 0.466 e. The third-order valence-electron chi connectivity index (χ3n) is 10.9. The molecule has 0 aliphatic heterocycles. The van der Waals surface area contributed by atoms with E-state index in [2.05, 4.69) is 74.7 Å². The Kier molecular flexibility index (Phi) is 7.76. The quantitative estimate of drug-likeness (QED) is 0.260. The number of hydrogen-bond donors (Lipinski definition) is 0. The van der Waals surface area contributed by atoms with Gasteiger partial charge in [0, 0.05) is 18.9 Å². The second kappa shape index (κ2) is 9.29. The van der Waals surface area contributed by atoms with Crippen LogP contribution in [-0.2, 0) is 18.4 Å². The molecule has 0 heterocycles. The minimum Gasteiger partial charge on any atom is -0.466 e. The van der Waals surface area contributed by atoms with E-state index in [4.69, 9.17) is 13.6 Å². The summed E-state index contributed by atoms with van der Waals surface area (Å²) in [6.07, 6.45) is 5.36. The number of rotatable bonds is 7. The molecular weight excluding hydrogens is 456 g/mol. The zero-order valence-electron chi connectivity index (χ0n) is 24.3. The molecule has 0 radical (unpaired) electrons. The average molecular weight is 511 g/mol. The van der Waals surface area contributed by atoms with Crippen molar-refractivity contribution in [2.75, 3.05) is 13.2 Å². The van der Waals surface area contributed by atoms with E-state index in [-0.39, 0.29) is 27.6 Å². The number of carbonyl (C=O) groups excluding carboxylic acids is 1. The number of fused-ring (bicyclic) bond motifs is 1. The molecule has 34 heavy (non-hydrogen) atoms. The highest BCUT2D eigenvalue weighted by atomic mass is 28.4. The van der Waals surface area contributed by atoms with E-state index >= 15 is 0 Å².